The molecule has 6 heteroatoms. The number of aryl methyl sites for hydroxylation is 1. The van der Waals surface area contributed by atoms with Gasteiger partial charge in [0.05, 0.1) is 15.2 Å². The van der Waals surface area contributed by atoms with Crippen LogP contribution in [0.5, 0.6) is 11.5 Å². The molecule has 0 radical (unpaired) electrons. The number of benzene rings is 1. The quantitative estimate of drug-likeness (QED) is 0.927. The van der Waals surface area contributed by atoms with Crippen LogP contribution in [0.3, 0.4) is 0 Å². The fraction of sp³-hybridized carbons (Fsp3) is 0.308. The summed E-state index contributed by atoms with van der Waals surface area (Å²) < 4.78 is 11.7. The first-order chi connectivity index (χ1) is 9.22. The maximum atomic E-state index is 5.40. The fourth-order valence-corrected chi connectivity index (χ4v) is 3.16. The van der Waals surface area contributed by atoms with E-state index < -0.39 is 0 Å². The van der Waals surface area contributed by atoms with Crippen LogP contribution >= 0.6 is 27.3 Å². The van der Waals surface area contributed by atoms with Crippen LogP contribution in [0.15, 0.2) is 22.0 Å². The maximum absolute atomic E-state index is 5.40. The minimum atomic E-state index is 0.295. The molecule has 4 nitrogen and oxygen atoms in total. The van der Waals surface area contributed by atoms with Crippen molar-refractivity contribution < 1.29 is 9.47 Å². The van der Waals surface area contributed by atoms with Gasteiger partial charge in [0, 0.05) is 18.5 Å². The molecular weight excluding hydrogens is 328 g/mol. The molecule has 100 valence electrons. The largest absolute Gasteiger partial charge is 0.454 e. The van der Waals surface area contributed by atoms with E-state index in [-0.39, 0.29) is 0 Å². The highest BCUT2D eigenvalue weighted by Crippen LogP contribution is 2.39. The normalized spacial score (nSPS) is 12.9. The van der Waals surface area contributed by atoms with Crippen molar-refractivity contribution in [1.82, 2.24) is 10.3 Å². The summed E-state index contributed by atoms with van der Waals surface area (Å²) in [4.78, 5) is 4.42. The zero-order chi connectivity index (χ0) is 13.2. The van der Waals surface area contributed by atoms with Crippen LogP contribution in [0.4, 0.5) is 0 Å². The molecule has 0 fully saturated rings. The Morgan fingerprint density at radius 3 is 3.05 bits per heavy atom. The first kappa shape index (κ1) is 12.9. The van der Waals surface area contributed by atoms with Gasteiger partial charge in [-0.2, -0.15) is 0 Å². The highest BCUT2D eigenvalue weighted by atomic mass is 79.9. The number of hydrogen-bond donors (Lipinski definition) is 1. The van der Waals surface area contributed by atoms with Gasteiger partial charge < -0.3 is 14.8 Å². The molecule has 0 bridgehead atoms. The second-order valence-corrected chi connectivity index (χ2v) is 6.19. The molecule has 0 unspecified atom stereocenters. The Morgan fingerprint density at radius 1 is 1.37 bits per heavy atom. The first-order valence-corrected chi connectivity index (χ1v) is 7.59. The topological polar surface area (TPSA) is 43.4 Å². The van der Waals surface area contributed by atoms with Crippen LogP contribution in [-0.4, -0.2) is 11.8 Å². The molecule has 0 amide bonds. The highest BCUT2D eigenvalue weighted by molar-refractivity contribution is 9.10. The van der Waals surface area contributed by atoms with Crippen molar-refractivity contribution in [2.75, 3.05) is 6.79 Å². The van der Waals surface area contributed by atoms with Crippen LogP contribution in [0.1, 0.15) is 16.3 Å². The lowest BCUT2D eigenvalue weighted by molar-refractivity contribution is 0.173. The predicted octanol–water partition coefficient (Wildman–Crippen LogP) is 3.23. The Morgan fingerprint density at radius 2 is 2.26 bits per heavy atom. The molecule has 1 aliphatic rings. The Hall–Kier alpha value is -1.11. The van der Waals surface area contributed by atoms with Crippen LogP contribution in [0, 0.1) is 6.92 Å². The lowest BCUT2D eigenvalue weighted by Crippen LogP contribution is -2.12. The van der Waals surface area contributed by atoms with Gasteiger partial charge in [0.15, 0.2) is 11.5 Å². The van der Waals surface area contributed by atoms with Crippen molar-refractivity contribution in [2.45, 2.75) is 20.0 Å². The van der Waals surface area contributed by atoms with Gasteiger partial charge in [-0.25, -0.2) is 4.98 Å². The lowest BCUT2D eigenvalue weighted by Gasteiger charge is -2.06. The monoisotopic (exact) mass is 340 g/mol. The summed E-state index contributed by atoms with van der Waals surface area (Å²) in [7, 11) is 0. The van der Waals surface area contributed by atoms with Gasteiger partial charge in [-0.3, -0.25) is 0 Å². The molecule has 0 saturated heterocycles. The Balaban J connectivity index is 1.63. The second-order valence-electron chi connectivity index (χ2n) is 4.27. The summed E-state index contributed by atoms with van der Waals surface area (Å²) in [5.74, 6) is 1.59. The Labute approximate surface area is 123 Å². The van der Waals surface area contributed by atoms with Crippen LogP contribution < -0.4 is 14.8 Å². The molecular formula is C13H13BrN2O2S. The van der Waals surface area contributed by atoms with E-state index in [4.69, 9.17) is 9.47 Å². The van der Waals surface area contributed by atoms with E-state index in [2.05, 4.69) is 31.6 Å². The molecule has 0 aliphatic carbocycles. The van der Waals surface area contributed by atoms with E-state index in [0.717, 1.165) is 45.3 Å². The van der Waals surface area contributed by atoms with Gasteiger partial charge in [0.1, 0.15) is 0 Å². The number of fused-ring (bicyclic) bond motifs is 1. The van der Waals surface area contributed by atoms with Crippen molar-refractivity contribution in [3.63, 3.8) is 0 Å². The summed E-state index contributed by atoms with van der Waals surface area (Å²) in [6, 6.07) is 4.05. The van der Waals surface area contributed by atoms with Gasteiger partial charge in [-0.1, -0.05) is 0 Å². The molecule has 1 aliphatic heterocycles. The highest BCUT2D eigenvalue weighted by Gasteiger charge is 2.17. The summed E-state index contributed by atoms with van der Waals surface area (Å²) in [5.41, 5.74) is 2.24. The number of rotatable bonds is 4. The first-order valence-electron chi connectivity index (χ1n) is 5.92. The lowest BCUT2D eigenvalue weighted by atomic mass is 10.2. The summed E-state index contributed by atoms with van der Waals surface area (Å²) >= 11 is 5.17. The predicted molar refractivity (Wildman–Crippen MR) is 77.7 cm³/mol. The Kier molecular flexibility index (Phi) is 3.72. The smallest absolute Gasteiger partial charge is 0.231 e. The molecule has 1 N–H and O–H groups in total. The third kappa shape index (κ3) is 2.91. The molecule has 0 atom stereocenters. The van der Waals surface area contributed by atoms with E-state index in [9.17, 15) is 0 Å². The summed E-state index contributed by atoms with van der Waals surface area (Å²) in [6.45, 7) is 3.86. The van der Waals surface area contributed by atoms with Crippen LogP contribution in [0.2, 0.25) is 0 Å². The minimum Gasteiger partial charge on any atom is -0.454 e. The third-order valence-electron chi connectivity index (χ3n) is 2.79. The number of hydrogen-bond acceptors (Lipinski definition) is 5. The number of nitrogens with one attached hydrogen (secondary N) is 1. The molecule has 0 spiro atoms. The van der Waals surface area contributed by atoms with Crippen LogP contribution in [0.25, 0.3) is 0 Å². The summed E-state index contributed by atoms with van der Waals surface area (Å²) in [5, 5.41) is 6.56. The molecule has 0 saturated carbocycles. The zero-order valence-corrected chi connectivity index (χ0v) is 12.8. The van der Waals surface area contributed by atoms with E-state index in [0.29, 0.717) is 6.79 Å². The Bertz CT molecular complexity index is 600. The van der Waals surface area contributed by atoms with Crippen molar-refractivity contribution in [3.05, 3.63) is 38.3 Å². The molecule has 1 aromatic carbocycles. The molecule has 2 heterocycles. The molecule has 2 aromatic rings. The number of aromatic nitrogens is 1. The van der Waals surface area contributed by atoms with Crippen molar-refractivity contribution >= 4 is 27.3 Å². The fourth-order valence-electron chi connectivity index (χ4n) is 1.95. The van der Waals surface area contributed by atoms with E-state index in [1.54, 1.807) is 11.3 Å². The second kappa shape index (κ2) is 5.48. The average Bonchev–Trinajstić information content (AvgIpc) is 2.98. The molecule has 3 rings (SSSR count). The van der Waals surface area contributed by atoms with Crippen molar-refractivity contribution in [3.8, 4) is 11.5 Å². The zero-order valence-electron chi connectivity index (χ0n) is 10.4. The average molecular weight is 341 g/mol. The van der Waals surface area contributed by atoms with Gasteiger partial charge in [0.25, 0.3) is 0 Å². The number of nitrogens with zero attached hydrogens (tertiary/aromatic N) is 1. The van der Waals surface area contributed by atoms with Gasteiger partial charge >= 0.3 is 0 Å². The standard InChI is InChI=1S/C13H13BrN2O2S/c1-8-16-10(6-19-8)5-15-4-9-2-11(14)13-12(3-9)17-7-18-13/h2-3,6,15H,4-5,7H2,1H3. The number of ether oxygens (including phenoxy) is 2. The van der Waals surface area contributed by atoms with Crippen molar-refractivity contribution in [1.29, 1.82) is 0 Å². The maximum Gasteiger partial charge on any atom is 0.231 e. The van der Waals surface area contributed by atoms with Crippen LogP contribution in [-0.2, 0) is 13.1 Å². The minimum absolute atomic E-state index is 0.295. The van der Waals surface area contributed by atoms with Crippen molar-refractivity contribution in [2.24, 2.45) is 0 Å². The number of halogens is 1. The van der Waals surface area contributed by atoms with Gasteiger partial charge in [-0.05, 0) is 40.5 Å². The summed E-state index contributed by atoms with van der Waals surface area (Å²) in [6.07, 6.45) is 0. The molecule has 1 aromatic heterocycles. The van der Waals surface area contributed by atoms with E-state index in [1.165, 1.54) is 0 Å². The number of thiazole rings is 1. The molecule has 19 heavy (non-hydrogen) atoms. The van der Waals surface area contributed by atoms with Gasteiger partial charge in [0.2, 0.25) is 6.79 Å². The van der Waals surface area contributed by atoms with Gasteiger partial charge in [-0.15, -0.1) is 11.3 Å². The SMILES string of the molecule is Cc1nc(CNCc2cc(Br)c3c(c2)OCO3)cs1. The van der Waals surface area contributed by atoms with E-state index in [1.807, 2.05) is 19.1 Å². The third-order valence-corrected chi connectivity index (χ3v) is 4.20. The van der Waals surface area contributed by atoms with E-state index >= 15 is 0 Å².